The lowest BCUT2D eigenvalue weighted by Gasteiger charge is -2.33. The number of ketones is 1. The number of hydrogen-bond acceptors (Lipinski definition) is 5. The molecule has 2 aliphatic rings. The van der Waals surface area contributed by atoms with E-state index in [1.165, 1.54) is 10.6 Å². The van der Waals surface area contributed by atoms with E-state index >= 15 is 0 Å². The normalized spacial score (nSPS) is 25.9. The highest BCUT2D eigenvalue weighted by Gasteiger charge is 2.36. The fraction of sp³-hybridized carbons (Fsp3) is 0.500. The van der Waals surface area contributed by atoms with Gasteiger partial charge in [0.25, 0.3) is 5.56 Å². The molecule has 0 bridgehead atoms. The summed E-state index contributed by atoms with van der Waals surface area (Å²) in [7, 11) is -1.95. The number of sulfonamides is 1. The number of aliphatic hydroxyl groups excluding tert-OH is 1. The van der Waals surface area contributed by atoms with Crippen LogP contribution in [0.5, 0.6) is 0 Å². The molecule has 7 nitrogen and oxygen atoms in total. The van der Waals surface area contributed by atoms with Crippen molar-refractivity contribution in [2.75, 3.05) is 6.26 Å². The molecule has 0 amide bonds. The van der Waals surface area contributed by atoms with Crippen LogP contribution in [0.15, 0.2) is 40.5 Å². The summed E-state index contributed by atoms with van der Waals surface area (Å²) in [6.07, 6.45) is 8.57. The highest BCUT2D eigenvalue weighted by Crippen LogP contribution is 2.41. The molecule has 0 aliphatic heterocycles. The smallest absolute Gasteiger partial charge is 0.253 e. The van der Waals surface area contributed by atoms with Crippen LogP contribution < -0.4 is 10.3 Å². The number of Topliss-reactive ketones (excluding diaryl/α,β-unsaturated/α-hetero) is 1. The van der Waals surface area contributed by atoms with Crippen molar-refractivity contribution in [1.29, 1.82) is 0 Å². The van der Waals surface area contributed by atoms with Gasteiger partial charge in [-0.25, -0.2) is 8.42 Å². The summed E-state index contributed by atoms with van der Waals surface area (Å²) in [4.78, 5) is 25.3. The predicted molar refractivity (Wildman–Crippen MR) is 106 cm³/mol. The first-order chi connectivity index (χ1) is 13.1. The second-order valence-electron chi connectivity index (χ2n) is 7.80. The Bertz CT molecular complexity index is 985. The maximum atomic E-state index is 13.3. The number of pyridine rings is 1. The largest absolute Gasteiger partial charge is 0.393 e. The van der Waals surface area contributed by atoms with Crippen molar-refractivity contribution in [3.05, 3.63) is 57.2 Å². The van der Waals surface area contributed by atoms with Crippen LogP contribution in [-0.4, -0.2) is 36.2 Å². The molecule has 0 saturated heterocycles. The quantitative estimate of drug-likeness (QED) is 0.783. The predicted octanol–water partition coefficient (Wildman–Crippen LogP) is 1.27. The van der Waals surface area contributed by atoms with Crippen molar-refractivity contribution in [2.45, 2.75) is 44.6 Å². The molecule has 1 atom stereocenters. The Labute approximate surface area is 164 Å². The summed E-state index contributed by atoms with van der Waals surface area (Å²) in [5, 5.41) is 9.82. The molecular weight excluding hydrogens is 380 g/mol. The first-order valence-electron chi connectivity index (χ1n) is 9.36. The van der Waals surface area contributed by atoms with Crippen LogP contribution in [-0.2, 0) is 21.9 Å². The molecule has 2 aliphatic carbocycles. The number of aliphatic hydroxyl groups is 1. The second-order valence-corrected chi connectivity index (χ2v) is 9.54. The Kier molecular flexibility index (Phi) is 5.63. The molecule has 1 heterocycles. The van der Waals surface area contributed by atoms with E-state index in [1.807, 2.05) is 6.08 Å². The first-order valence-corrected chi connectivity index (χ1v) is 11.2. The number of hydrogen-bond donors (Lipinski definition) is 2. The average Bonchev–Trinajstić information content (AvgIpc) is 2.60. The van der Waals surface area contributed by atoms with Crippen molar-refractivity contribution in [3.8, 4) is 0 Å². The molecule has 1 saturated carbocycles. The van der Waals surface area contributed by atoms with Gasteiger partial charge in [-0.1, -0.05) is 11.6 Å². The van der Waals surface area contributed by atoms with Crippen molar-refractivity contribution < 1.29 is 18.3 Å². The summed E-state index contributed by atoms with van der Waals surface area (Å²) in [5.41, 5.74) is 2.00. The Morgan fingerprint density at radius 3 is 2.36 bits per heavy atom. The van der Waals surface area contributed by atoms with E-state index < -0.39 is 15.9 Å². The molecule has 1 fully saturated rings. The van der Waals surface area contributed by atoms with Gasteiger partial charge in [0.1, 0.15) is 0 Å². The highest BCUT2D eigenvalue weighted by molar-refractivity contribution is 7.88. The molecule has 2 N–H and O–H groups in total. The fourth-order valence-electron chi connectivity index (χ4n) is 4.14. The van der Waals surface area contributed by atoms with Crippen LogP contribution in [0, 0.1) is 12.8 Å². The molecule has 1 aromatic heterocycles. The summed E-state index contributed by atoms with van der Waals surface area (Å²) < 4.78 is 27.1. The zero-order valence-corrected chi connectivity index (χ0v) is 17.1. The standard InChI is InChI=1S/C20H26N2O5S/c1-12-10-14(11-22(2)20(12)25)18-16(13-4-6-15(23)7-5-13)8-9-17(19(18)24)21-28(3,26)27/h8-11,13,15,18,21,23H,4-7H2,1-3H3/t13-,15+,18?. The van der Waals surface area contributed by atoms with Gasteiger partial charge in [0.15, 0.2) is 5.78 Å². The van der Waals surface area contributed by atoms with Gasteiger partial charge in [-0.3, -0.25) is 14.3 Å². The van der Waals surface area contributed by atoms with Gasteiger partial charge >= 0.3 is 0 Å². The Balaban J connectivity index is 2.07. The molecule has 152 valence electrons. The monoisotopic (exact) mass is 406 g/mol. The van der Waals surface area contributed by atoms with Gasteiger partial charge in [0, 0.05) is 18.8 Å². The minimum atomic E-state index is -3.59. The van der Waals surface area contributed by atoms with Crippen LogP contribution in [0.2, 0.25) is 0 Å². The molecule has 1 unspecified atom stereocenters. The Morgan fingerprint density at radius 2 is 1.79 bits per heavy atom. The third kappa shape index (κ3) is 4.28. The van der Waals surface area contributed by atoms with Gasteiger partial charge in [-0.2, -0.15) is 0 Å². The topological polar surface area (TPSA) is 105 Å². The molecule has 0 aromatic carbocycles. The summed E-state index contributed by atoms with van der Waals surface area (Å²) >= 11 is 0. The summed E-state index contributed by atoms with van der Waals surface area (Å²) in [6, 6.07) is 1.71. The van der Waals surface area contributed by atoms with Crippen LogP contribution in [0.25, 0.3) is 0 Å². The van der Waals surface area contributed by atoms with Crippen LogP contribution in [0.3, 0.4) is 0 Å². The van der Waals surface area contributed by atoms with E-state index in [-0.39, 0.29) is 29.1 Å². The van der Waals surface area contributed by atoms with Crippen molar-refractivity contribution in [1.82, 2.24) is 9.29 Å². The Hall–Kier alpha value is -2.19. The molecule has 0 spiro atoms. The zero-order valence-electron chi connectivity index (χ0n) is 16.3. The number of aromatic nitrogens is 1. The maximum absolute atomic E-state index is 13.3. The van der Waals surface area contributed by atoms with Crippen molar-refractivity contribution in [3.63, 3.8) is 0 Å². The van der Waals surface area contributed by atoms with E-state index in [4.69, 9.17) is 0 Å². The number of aryl methyl sites for hydroxylation is 2. The highest BCUT2D eigenvalue weighted by atomic mass is 32.2. The Morgan fingerprint density at radius 1 is 1.14 bits per heavy atom. The lowest BCUT2D eigenvalue weighted by Crippen LogP contribution is -2.34. The molecule has 0 radical (unpaired) electrons. The zero-order chi connectivity index (χ0) is 20.6. The maximum Gasteiger partial charge on any atom is 0.253 e. The van der Waals surface area contributed by atoms with Crippen molar-refractivity contribution >= 4 is 15.8 Å². The minimum Gasteiger partial charge on any atom is -0.393 e. The summed E-state index contributed by atoms with van der Waals surface area (Å²) in [5.74, 6) is -0.849. The van der Waals surface area contributed by atoms with Crippen LogP contribution in [0.4, 0.5) is 0 Å². The van der Waals surface area contributed by atoms with Gasteiger partial charge < -0.3 is 9.67 Å². The van der Waals surface area contributed by atoms with Gasteiger partial charge in [-0.15, -0.1) is 0 Å². The molecule has 1 aromatic rings. The van der Waals surface area contributed by atoms with Crippen molar-refractivity contribution in [2.24, 2.45) is 13.0 Å². The van der Waals surface area contributed by atoms with E-state index in [0.717, 1.165) is 24.7 Å². The summed E-state index contributed by atoms with van der Waals surface area (Å²) in [6.45, 7) is 1.70. The molecular formula is C20H26N2O5S. The third-order valence-electron chi connectivity index (χ3n) is 5.48. The van der Waals surface area contributed by atoms with E-state index in [1.54, 1.807) is 26.2 Å². The fourth-order valence-corrected chi connectivity index (χ4v) is 4.71. The minimum absolute atomic E-state index is 0.0265. The van der Waals surface area contributed by atoms with E-state index in [0.29, 0.717) is 24.0 Å². The van der Waals surface area contributed by atoms with E-state index in [9.17, 15) is 23.1 Å². The number of rotatable bonds is 4. The number of carbonyl (C=O) groups is 1. The SMILES string of the molecule is Cc1cc(C2C(=O)C(NS(C)(=O)=O)=CC=C2[C@H]2CC[C@@H](O)CC2)cn(C)c1=O. The number of nitrogens with zero attached hydrogens (tertiary/aromatic N) is 1. The van der Waals surface area contributed by atoms with E-state index in [2.05, 4.69) is 4.72 Å². The first kappa shape index (κ1) is 20.5. The molecule has 8 heteroatoms. The lowest BCUT2D eigenvalue weighted by molar-refractivity contribution is -0.116. The van der Waals surface area contributed by atoms with Gasteiger partial charge in [-0.05, 0) is 56.2 Å². The van der Waals surface area contributed by atoms with Crippen LogP contribution >= 0.6 is 0 Å². The lowest BCUT2D eigenvalue weighted by atomic mass is 9.72. The average molecular weight is 407 g/mol. The van der Waals surface area contributed by atoms with Gasteiger partial charge in [0.05, 0.1) is 24.0 Å². The van der Waals surface area contributed by atoms with Crippen LogP contribution in [0.1, 0.15) is 42.7 Å². The van der Waals surface area contributed by atoms with Gasteiger partial charge in [0.2, 0.25) is 10.0 Å². The third-order valence-corrected chi connectivity index (χ3v) is 6.07. The number of allylic oxidation sites excluding steroid dienone is 4. The number of carbonyl (C=O) groups excluding carboxylic acids is 1. The second kappa shape index (κ2) is 7.67. The number of nitrogens with one attached hydrogen (secondary N) is 1. The molecule has 3 rings (SSSR count). The molecule has 28 heavy (non-hydrogen) atoms.